The van der Waals surface area contributed by atoms with Gasteiger partial charge < -0.3 is 14.6 Å². The second-order valence-corrected chi connectivity index (χ2v) is 9.40. The average molecular weight is 541 g/mol. The molecule has 7 heteroatoms. The van der Waals surface area contributed by atoms with Crippen molar-refractivity contribution in [3.05, 3.63) is 93.7 Å². The Morgan fingerprint density at radius 2 is 1.82 bits per heavy atom. The van der Waals surface area contributed by atoms with Crippen LogP contribution in [0.3, 0.4) is 0 Å². The zero-order valence-corrected chi connectivity index (χ0v) is 21.2. The molecule has 34 heavy (non-hydrogen) atoms. The van der Waals surface area contributed by atoms with Gasteiger partial charge in [-0.1, -0.05) is 45.7 Å². The first-order chi connectivity index (χ1) is 16.6. The van der Waals surface area contributed by atoms with Crippen LogP contribution in [-0.2, 0) is 13.0 Å². The largest absolute Gasteiger partial charge is 0.494 e. The zero-order valence-electron chi connectivity index (χ0n) is 18.8. The van der Waals surface area contributed by atoms with Gasteiger partial charge in [-0.15, -0.1) is 0 Å². The number of fused-ring (bicyclic) bond motifs is 1. The summed E-state index contributed by atoms with van der Waals surface area (Å²) in [6, 6.07) is 23.1. The van der Waals surface area contributed by atoms with E-state index < -0.39 is 0 Å². The third-order valence-corrected chi connectivity index (χ3v) is 6.29. The van der Waals surface area contributed by atoms with Crippen molar-refractivity contribution in [1.29, 1.82) is 0 Å². The molecule has 0 radical (unpaired) electrons. The van der Waals surface area contributed by atoms with Gasteiger partial charge in [0.2, 0.25) is 0 Å². The molecule has 1 amide bonds. The Morgan fingerprint density at radius 1 is 1.00 bits per heavy atom. The van der Waals surface area contributed by atoms with Crippen molar-refractivity contribution >= 4 is 44.5 Å². The first kappa shape index (κ1) is 24.3. The first-order valence-electron chi connectivity index (χ1n) is 11.5. The number of amides is 1. The number of aromatic nitrogens is 2. The minimum Gasteiger partial charge on any atom is -0.494 e. The summed E-state index contributed by atoms with van der Waals surface area (Å²) in [4.78, 5) is 17.2. The number of hydrogen-bond acceptors (Lipinski definition) is 3. The molecule has 0 atom stereocenters. The highest BCUT2D eigenvalue weighted by Crippen LogP contribution is 2.19. The van der Waals surface area contributed by atoms with Crippen LogP contribution in [0.25, 0.3) is 11.0 Å². The molecule has 4 aromatic rings. The number of nitrogens with zero attached hydrogens (tertiary/aromatic N) is 2. The minimum absolute atomic E-state index is 0.0597. The summed E-state index contributed by atoms with van der Waals surface area (Å²) in [7, 11) is 0. The van der Waals surface area contributed by atoms with Crippen LogP contribution in [0.1, 0.15) is 35.4 Å². The van der Waals surface area contributed by atoms with Gasteiger partial charge in [0.05, 0.1) is 17.6 Å². The molecular formula is C27H27BrClN3O2. The standard InChI is InChI=1S/C27H27BrClN3O2/c28-21-8-5-7-20(19-21)27(33)30-16-6-11-26-31-24-9-1-2-10-25(24)32(26)17-3-4-18-34-23-14-12-22(29)13-15-23/h1-2,5,7-10,12-15,19H,3-4,6,11,16-18H2,(H,30,33). The summed E-state index contributed by atoms with van der Waals surface area (Å²) in [6.45, 7) is 2.14. The maximum Gasteiger partial charge on any atom is 0.251 e. The van der Waals surface area contributed by atoms with Gasteiger partial charge in [0.15, 0.2) is 0 Å². The fraction of sp³-hybridized carbons (Fsp3) is 0.259. The SMILES string of the molecule is O=C(NCCCc1nc2ccccc2n1CCCCOc1ccc(Cl)cc1)c1cccc(Br)c1. The third-order valence-electron chi connectivity index (χ3n) is 5.54. The Balaban J connectivity index is 1.29. The molecule has 0 aliphatic carbocycles. The highest BCUT2D eigenvalue weighted by Gasteiger charge is 2.11. The van der Waals surface area contributed by atoms with E-state index in [0.29, 0.717) is 23.7 Å². The Kier molecular flexibility index (Phi) is 8.61. The molecule has 0 aliphatic heterocycles. The van der Waals surface area contributed by atoms with E-state index in [-0.39, 0.29) is 5.91 Å². The molecule has 0 unspecified atom stereocenters. The lowest BCUT2D eigenvalue weighted by Crippen LogP contribution is -2.25. The molecule has 3 aromatic carbocycles. The number of ether oxygens (including phenoxy) is 1. The van der Waals surface area contributed by atoms with Crippen LogP contribution in [0, 0.1) is 0 Å². The zero-order chi connectivity index (χ0) is 23.8. The Bertz CT molecular complexity index is 1240. The second kappa shape index (κ2) is 12.0. The summed E-state index contributed by atoms with van der Waals surface area (Å²) in [6.07, 6.45) is 3.55. The first-order valence-corrected chi connectivity index (χ1v) is 12.6. The van der Waals surface area contributed by atoms with Crippen molar-refractivity contribution in [2.75, 3.05) is 13.2 Å². The number of aryl methyl sites for hydroxylation is 2. The number of unbranched alkanes of at least 4 members (excludes halogenated alkanes) is 1. The van der Waals surface area contributed by atoms with Gasteiger partial charge in [-0.2, -0.15) is 0 Å². The van der Waals surface area contributed by atoms with Crippen molar-refractivity contribution in [3.8, 4) is 5.75 Å². The van der Waals surface area contributed by atoms with Gasteiger partial charge in [-0.25, -0.2) is 4.98 Å². The molecule has 5 nitrogen and oxygen atoms in total. The molecule has 1 aromatic heterocycles. The minimum atomic E-state index is -0.0597. The monoisotopic (exact) mass is 539 g/mol. The number of halogens is 2. The maximum atomic E-state index is 12.4. The van der Waals surface area contributed by atoms with E-state index >= 15 is 0 Å². The fourth-order valence-corrected chi connectivity index (χ4v) is 4.36. The molecular weight excluding hydrogens is 514 g/mol. The highest BCUT2D eigenvalue weighted by atomic mass is 79.9. The molecule has 0 bridgehead atoms. The predicted octanol–water partition coefficient (Wildman–Crippen LogP) is 6.67. The molecule has 0 saturated heterocycles. The molecule has 0 fully saturated rings. The topological polar surface area (TPSA) is 56.2 Å². The number of imidazole rings is 1. The lowest BCUT2D eigenvalue weighted by Gasteiger charge is -2.11. The summed E-state index contributed by atoms with van der Waals surface area (Å²) in [5.41, 5.74) is 2.81. The van der Waals surface area contributed by atoms with E-state index in [1.807, 2.05) is 66.7 Å². The summed E-state index contributed by atoms with van der Waals surface area (Å²) >= 11 is 9.33. The normalized spacial score (nSPS) is 11.0. The van der Waals surface area contributed by atoms with Gasteiger partial charge in [0, 0.05) is 34.6 Å². The summed E-state index contributed by atoms with van der Waals surface area (Å²) < 4.78 is 9.01. The third kappa shape index (κ3) is 6.61. The van der Waals surface area contributed by atoms with Gasteiger partial charge in [0.1, 0.15) is 11.6 Å². The van der Waals surface area contributed by atoms with Crippen LogP contribution in [0.4, 0.5) is 0 Å². The fourth-order valence-electron chi connectivity index (χ4n) is 3.84. The van der Waals surface area contributed by atoms with Crippen molar-refractivity contribution in [3.63, 3.8) is 0 Å². The number of carbonyl (C=O) groups is 1. The van der Waals surface area contributed by atoms with Crippen LogP contribution >= 0.6 is 27.5 Å². The highest BCUT2D eigenvalue weighted by molar-refractivity contribution is 9.10. The van der Waals surface area contributed by atoms with E-state index in [1.54, 1.807) is 0 Å². The Labute approximate surface area is 213 Å². The van der Waals surface area contributed by atoms with Crippen molar-refractivity contribution < 1.29 is 9.53 Å². The van der Waals surface area contributed by atoms with Crippen LogP contribution in [0.2, 0.25) is 5.02 Å². The number of nitrogens with one attached hydrogen (secondary N) is 1. The average Bonchev–Trinajstić information content (AvgIpc) is 3.20. The van der Waals surface area contributed by atoms with E-state index in [9.17, 15) is 4.79 Å². The van der Waals surface area contributed by atoms with E-state index in [1.165, 1.54) is 0 Å². The maximum absolute atomic E-state index is 12.4. The van der Waals surface area contributed by atoms with Crippen molar-refractivity contribution in [1.82, 2.24) is 14.9 Å². The molecule has 176 valence electrons. The molecule has 1 heterocycles. The molecule has 1 N–H and O–H groups in total. The number of carbonyl (C=O) groups excluding carboxylic acids is 1. The van der Waals surface area contributed by atoms with Crippen molar-refractivity contribution in [2.45, 2.75) is 32.2 Å². The summed E-state index contributed by atoms with van der Waals surface area (Å²) in [5.74, 6) is 1.83. The molecule has 4 rings (SSSR count). The van der Waals surface area contributed by atoms with E-state index in [2.05, 4.69) is 31.9 Å². The van der Waals surface area contributed by atoms with Gasteiger partial charge in [0.25, 0.3) is 5.91 Å². The van der Waals surface area contributed by atoms with Crippen LogP contribution in [0.5, 0.6) is 5.75 Å². The van der Waals surface area contributed by atoms with Gasteiger partial charge in [-0.3, -0.25) is 4.79 Å². The summed E-state index contributed by atoms with van der Waals surface area (Å²) in [5, 5.41) is 3.71. The van der Waals surface area contributed by atoms with E-state index in [0.717, 1.165) is 59.3 Å². The van der Waals surface area contributed by atoms with Gasteiger partial charge in [-0.05, 0) is 73.9 Å². The lowest BCUT2D eigenvalue weighted by atomic mass is 10.2. The predicted molar refractivity (Wildman–Crippen MR) is 141 cm³/mol. The lowest BCUT2D eigenvalue weighted by molar-refractivity contribution is 0.0953. The second-order valence-electron chi connectivity index (χ2n) is 8.05. The van der Waals surface area contributed by atoms with Crippen LogP contribution in [0.15, 0.2) is 77.3 Å². The Hall–Kier alpha value is -2.83. The number of hydrogen-bond donors (Lipinski definition) is 1. The Morgan fingerprint density at radius 3 is 2.65 bits per heavy atom. The molecule has 0 saturated carbocycles. The number of para-hydroxylation sites is 2. The smallest absolute Gasteiger partial charge is 0.251 e. The number of benzene rings is 3. The van der Waals surface area contributed by atoms with E-state index in [4.69, 9.17) is 21.3 Å². The van der Waals surface area contributed by atoms with Crippen LogP contribution < -0.4 is 10.1 Å². The quantitative estimate of drug-likeness (QED) is 0.216. The number of rotatable bonds is 11. The molecule has 0 aliphatic rings. The van der Waals surface area contributed by atoms with Crippen molar-refractivity contribution in [2.24, 2.45) is 0 Å². The molecule has 0 spiro atoms. The van der Waals surface area contributed by atoms with Crippen LogP contribution in [-0.4, -0.2) is 28.6 Å². The van der Waals surface area contributed by atoms with Gasteiger partial charge >= 0.3 is 0 Å².